The highest BCUT2D eigenvalue weighted by Crippen LogP contribution is 2.18. The van der Waals surface area contributed by atoms with Gasteiger partial charge in [0.15, 0.2) is 6.10 Å². The van der Waals surface area contributed by atoms with Gasteiger partial charge >= 0.3 is 29.8 Å². The number of hydrogen-bond acceptors (Lipinski definition) is 11. The summed E-state index contributed by atoms with van der Waals surface area (Å²) in [6.45, 7) is 6.28. The molecule has 522 valence electrons. The van der Waals surface area contributed by atoms with Gasteiger partial charge in [0.2, 0.25) is 0 Å². The molecule has 0 heterocycles. The Morgan fingerprint density at radius 1 is 0.247 bits per heavy atom. The molecule has 1 unspecified atom stereocenters. The third-order valence-corrected chi connectivity index (χ3v) is 17.3. The van der Waals surface area contributed by atoms with Crippen LogP contribution in [0.2, 0.25) is 0 Å². The highest BCUT2D eigenvalue weighted by Gasteiger charge is 2.20. The molecule has 1 N–H and O–H groups in total. The molecule has 0 aliphatic carbocycles. The number of allylic oxidation sites excluding steroid dienone is 4. The summed E-state index contributed by atoms with van der Waals surface area (Å²) in [5.74, 6) is -1.58. The first-order valence-corrected chi connectivity index (χ1v) is 38.5. The number of unbranched alkanes of at least 4 members (excludes halogenated alkanes) is 49. The molecule has 0 saturated carbocycles. The van der Waals surface area contributed by atoms with Crippen LogP contribution in [0.3, 0.4) is 0 Å². The van der Waals surface area contributed by atoms with Crippen LogP contribution in [-0.4, -0.2) is 73.6 Å². The van der Waals surface area contributed by atoms with Crippen LogP contribution in [0.15, 0.2) is 24.3 Å². The van der Waals surface area contributed by atoms with Gasteiger partial charge in [0, 0.05) is 32.1 Å². The molecule has 1 atom stereocenters. The van der Waals surface area contributed by atoms with Crippen LogP contribution < -0.4 is 0 Å². The lowest BCUT2D eigenvalue weighted by molar-refractivity contribution is -0.167. The number of rotatable bonds is 72. The van der Waals surface area contributed by atoms with Gasteiger partial charge in [-0.3, -0.25) is 24.0 Å². The molecule has 0 aromatic heterocycles. The topological polar surface area (TPSA) is 152 Å². The second-order valence-corrected chi connectivity index (χ2v) is 26.3. The van der Waals surface area contributed by atoms with Crippen molar-refractivity contribution in [2.24, 2.45) is 0 Å². The Hall–Kier alpha value is -3.21. The smallest absolute Gasteiger partial charge is 0.306 e. The summed E-state index contributed by atoms with van der Waals surface area (Å²) in [6.07, 6.45) is 74.6. The predicted octanol–water partition coefficient (Wildman–Crippen LogP) is 23.0. The van der Waals surface area contributed by atoms with E-state index in [0.717, 1.165) is 141 Å². The minimum absolute atomic E-state index is 0.100. The van der Waals surface area contributed by atoms with Crippen LogP contribution in [0.25, 0.3) is 0 Å². The van der Waals surface area contributed by atoms with Crippen LogP contribution in [0, 0.1) is 0 Å². The van der Waals surface area contributed by atoms with E-state index in [1.807, 2.05) is 0 Å². The molecule has 0 saturated heterocycles. The second kappa shape index (κ2) is 72.2. The van der Waals surface area contributed by atoms with E-state index in [1.54, 1.807) is 0 Å². The lowest BCUT2D eigenvalue weighted by atomic mass is 10.0. The third kappa shape index (κ3) is 70.5. The molecule has 0 spiro atoms. The zero-order valence-corrected chi connectivity index (χ0v) is 58.7. The van der Waals surface area contributed by atoms with Gasteiger partial charge in [-0.1, -0.05) is 315 Å². The third-order valence-electron chi connectivity index (χ3n) is 17.3. The first kappa shape index (κ1) is 85.8. The fourth-order valence-electron chi connectivity index (χ4n) is 11.4. The highest BCUT2D eigenvalue weighted by atomic mass is 16.6. The fraction of sp³-hybridized carbons (Fsp3) is 0.885. The van der Waals surface area contributed by atoms with Crippen molar-refractivity contribution in [1.29, 1.82) is 0 Å². The van der Waals surface area contributed by atoms with E-state index in [0.29, 0.717) is 25.7 Å². The molecule has 89 heavy (non-hydrogen) atoms. The Morgan fingerprint density at radius 3 is 0.652 bits per heavy atom. The Morgan fingerprint density at radius 2 is 0.427 bits per heavy atom. The minimum Gasteiger partial charge on any atom is -0.463 e. The summed E-state index contributed by atoms with van der Waals surface area (Å²) >= 11 is 0. The number of aliphatic hydroxyl groups is 1. The summed E-state index contributed by atoms with van der Waals surface area (Å²) in [7, 11) is 0. The van der Waals surface area contributed by atoms with E-state index in [4.69, 9.17) is 23.7 Å². The van der Waals surface area contributed by atoms with Crippen molar-refractivity contribution in [2.75, 3.05) is 26.4 Å². The van der Waals surface area contributed by atoms with Crippen molar-refractivity contribution in [3.05, 3.63) is 24.3 Å². The standard InChI is InChI=1S/C78H144O11/c1-4-7-10-13-16-19-22-25-28-33-38-43-48-53-58-63-74(80)85-68-72(79)69-86-75(81)64-59-54-49-44-39-36-31-32-37-42-47-52-57-62-67-78(84)89-73(70-87-76(82)65-60-55-50-45-40-34-29-26-23-20-17-14-11-8-5-2)71-88-77(83)66-61-56-51-46-41-35-30-27-24-21-18-15-12-9-6-3/h25,28,31-32,72-73,79H,4-24,26-27,29-30,33-71H2,1-3H3. The predicted molar refractivity (Wildman–Crippen MR) is 372 cm³/mol. The fourth-order valence-corrected chi connectivity index (χ4v) is 11.4. The Bertz CT molecular complexity index is 1540. The average Bonchev–Trinajstić information content (AvgIpc) is 3.60. The van der Waals surface area contributed by atoms with Crippen molar-refractivity contribution in [3.8, 4) is 0 Å². The lowest BCUT2D eigenvalue weighted by Crippen LogP contribution is -2.30. The van der Waals surface area contributed by atoms with E-state index >= 15 is 0 Å². The van der Waals surface area contributed by atoms with Gasteiger partial charge in [-0.25, -0.2) is 0 Å². The van der Waals surface area contributed by atoms with Crippen molar-refractivity contribution >= 4 is 29.8 Å². The number of carbonyl (C=O) groups excluding carboxylic acids is 5. The van der Waals surface area contributed by atoms with Crippen molar-refractivity contribution in [2.45, 2.75) is 418 Å². The van der Waals surface area contributed by atoms with E-state index in [1.165, 1.54) is 212 Å². The van der Waals surface area contributed by atoms with Gasteiger partial charge in [0.25, 0.3) is 0 Å². The zero-order valence-electron chi connectivity index (χ0n) is 58.7. The molecule has 11 heteroatoms. The average molecular weight is 1260 g/mol. The number of esters is 5. The maximum Gasteiger partial charge on any atom is 0.306 e. The van der Waals surface area contributed by atoms with Gasteiger partial charge in [-0.2, -0.15) is 0 Å². The molecule has 0 bridgehead atoms. The largest absolute Gasteiger partial charge is 0.463 e. The van der Waals surface area contributed by atoms with Gasteiger partial charge in [0.1, 0.15) is 32.5 Å². The van der Waals surface area contributed by atoms with Crippen LogP contribution in [0.5, 0.6) is 0 Å². The monoisotopic (exact) mass is 1260 g/mol. The van der Waals surface area contributed by atoms with E-state index in [9.17, 15) is 29.1 Å². The first-order chi connectivity index (χ1) is 43.7. The number of ether oxygens (including phenoxy) is 5. The molecule has 0 fully saturated rings. The summed E-state index contributed by atoms with van der Waals surface area (Å²) < 4.78 is 27.4. The minimum atomic E-state index is -1.01. The molecule has 0 aliphatic heterocycles. The molecule has 0 rings (SSSR count). The van der Waals surface area contributed by atoms with Gasteiger partial charge in [-0.05, 0) is 83.5 Å². The van der Waals surface area contributed by atoms with Crippen molar-refractivity contribution in [1.82, 2.24) is 0 Å². The summed E-state index contributed by atoms with van der Waals surface area (Å²) in [5, 5.41) is 10.2. The van der Waals surface area contributed by atoms with Gasteiger partial charge in [0.05, 0.1) is 0 Å². The van der Waals surface area contributed by atoms with Gasteiger partial charge in [-0.15, -0.1) is 0 Å². The summed E-state index contributed by atoms with van der Waals surface area (Å²) in [5.41, 5.74) is 0. The normalized spacial score (nSPS) is 12.0. The van der Waals surface area contributed by atoms with E-state index < -0.39 is 12.2 Å². The Labute approximate surface area is 549 Å². The van der Waals surface area contributed by atoms with E-state index in [2.05, 4.69) is 45.1 Å². The highest BCUT2D eigenvalue weighted by molar-refractivity contribution is 5.71. The maximum absolute atomic E-state index is 13.0. The molecule has 0 radical (unpaired) electrons. The number of carbonyl (C=O) groups is 5. The van der Waals surface area contributed by atoms with Crippen molar-refractivity contribution < 1.29 is 52.8 Å². The quantitative estimate of drug-likeness (QED) is 0.0268. The molecule has 0 aliphatic rings. The molecular formula is C78H144O11. The SMILES string of the molecule is CCCCCCCCC=CCCCCCCCC(=O)OCC(O)COC(=O)CCCCCCCC=CCCCCCCCC(=O)OC(COC(=O)CCCCCCCCCCCCCCCCC)COC(=O)CCCCCCCCCCCCCCCCC. The summed E-state index contributed by atoms with van der Waals surface area (Å²) in [6, 6.07) is 0. The summed E-state index contributed by atoms with van der Waals surface area (Å²) in [4.78, 5) is 62.7. The van der Waals surface area contributed by atoms with Crippen molar-refractivity contribution in [3.63, 3.8) is 0 Å². The molecule has 11 nitrogen and oxygen atoms in total. The lowest BCUT2D eigenvalue weighted by Gasteiger charge is -2.18. The van der Waals surface area contributed by atoms with Crippen LogP contribution >= 0.6 is 0 Å². The van der Waals surface area contributed by atoms with Crippen LogP contribution in [0.1, 0.15) is 406 Å². The number of hydrogen-bond donors (Lipinski definition) is 1. The Kier molecular flexibility index (Phi) is 69.6. The first-order valence-electron chi connectivity index (χ1n) is 38.5. The number of aliphatic hydroxyl groups excluding tert-OH is 1. The molecule has 0 amide bonds. The molecular weight excluding hydrogens is 1110 g/mol. The maximum atomic E-state index is 13.0. The molecule has 0 aromatic rings. The Balaban J connectivity index is 4.21. The van der Waals surface area contributed by atoms with Gasteiger partial charge < -0.3 is 28.8 Å². The van der Waals surface area contributed by atoms with Crippen LogP contribution in [-0.2, 0) is 47.7 Å². The van der Waals surface area contributed by atoms with E-state index in [-0.39, 0.29) is 62.7 Å². The zero-order chi connectivity index (χ0) is 64.7. The second-order valence-electron chi connectivity index (χ2n) is 26.3. The van der Waals surface area contributed by atoms with Crippen LogP contribution in [0.4, 0.5) is 0 Å². The molecule has 0 aromatic carbocycles.